The van der Waals surface area contributed by atoms with E-state index in [2.05, 4.69) is 11.0 Å². The summed E-state index contributed by atoms with van der Waals surface area (Å²) in [6.45, 7) is 7.03. The largest absolute Gasteiger partial charge is 0.468 e. The molecule has 0 aliphatic heterocycles. The van der Waals surface area contributed by atoms with E-state index in [9.17, 15) is 0 Å². The second kappa shape index (κ2) is 7.88. The zero-order chi connectivity index (χ0) is 12.5. The molecule has 0 atom stereocenters. The Hall–Kier alpha value is -1.31. The Morgan fingerprint density at radius 2 is 2.29 bits per heavy atom. The van der Waals surface area contributed by atoms with Crippen LogP contribution in [0.15, 0.2) is 22.8 Å². The predicted molar refractivity (Wildman–Crippen MR) is 65.3 cm³/mol. The smallest absolute Gasteiger partial charge is 0.117 e. The maximum absolute atomic E-state index is 8.62. The lowest BCUT2D eigenvalue weighted by Crippen LogP contribution is -2.28. The predicted octanol–water partition coefficient (Wildman–Crippen LogP) is 2.42. The minimum atomic E-state index is 0.247. The van der Waals surface area contributed by atoms with Gasteiger partial charge in [-0.25, -0.2) is 0 Å². The molecule has 0 N–H and O–H groups in total. The monoisotopic (exact) mass is 236 g/mol. The van der Waals surface area contributed by atoms with E-state index in [0.717, 1.165) is 25.4 Å². The van der Waals surface area contributed by atoms with Gasteiger partial charge in [0.15, 0.2) is 0 Å². The summed E-state index contributed by atoms with van der Waals surface area (Å²) >= 11 is 0. The molecule has 0 saturated carbocycles. The molecule has 94 valence electrons. The summed E-state index contributed by atoms with van der Waals surface area (Å²) in [5, 5.41) is 8.62. The average Bonchev–Trinajstić information content (AvgIpc) is 2.78. The van der Waals surface area contributed by atoms with Gasteiger partial charge in [0.05, 0.1) is 31.6 Å². The van der Waals surface area contributed by atoms with E-state index in [1.807, 2.05) is 26.0 Å². The maximum Gasteiger partial charge on any atom is 0.117 e. The molecule has 0 amide bonds. The van der Waals surface area contributed by atoms with Crippen LogP contribution in [0.25, 0.3) is 0 Å². The standard InChI is InChI=1S/C13H20N2O2/c1-12(2)16-10-8-15(7-4-6-14)11-13-5-3-9-17-13/h3,5,9,12H,4,7-8,10-11H2,1-2H3. The number of nitriles is 1. The number of hydrogen-bond acceptors (Lipinski definition) is 4. The number of rotatable bonds is 8. The average molecular weight is 236 g/mol. The first-order chi connectivity index (χ1) is 8.22. The Kier molecular flexibility index (Phi) is 6.38. The molecule has 1 rings (SSSR count). The van der Waals surface area contributed by atoms with Crippen LogP contribution in [0, 0.1) is 11.3 Å². The van der Waals surface area contributed by atoms with Gasteiger partial charge in [0, 0.05) is 19.5 Å². The highest BCUT2D eigenvalue weighted by atomic mass is 16.5. The molecule has 0 saturated heterocycles. The molecule has 4 heteroatoms. The molecular formula is C13H20N2O2. The summed E-state index contributed by atoms with van der Waals surface area (Å²) < 4.78 is 10.8. The highest BCUT2D eigenvalue weighted by Crippen LogP contribution is 2.06. The zero-order valence-electron chi connectivity index (χ0n) is 10.6. The van der Waals surface area contributed by atoms with Crippen LogP contribution >= 0.6 is 0 Å². The van der Waals surface area contributed by atoms with Crippen molar-refractivity contribution in [2.45, 2.75) is 32.9 Å². The Morgan fingerprint density at radius 1 is 1.47 bits per heavy atom. The van der Waals surface area contributed by atoms with Crippen molar-refractivity contribution in [3.8, 4) is 6.07 Å². The van der Waals surface area contributed by atoms with Crippen LogP contribution in [-0.2, 0) is 11.3 Å². The van der Waals surface area contributed by atoms with Crippen molar-refractivity contribution in [3.05, 3.63) is 24.2 Å². The minimum absolute atomic E-state index is 0.247. The maximum atomic E-state index is 8.62. The van der Waals surface area contributed by atoms with Crippen molar-refractivity contribution < 1.29 is 9.15 Å². The Bertz CT molecular complexity index is 328. The van der Waals surface area contributed by atoms with Crippen LogP contribution in [0.4, 0.5) is 0 Å². The Morgan fingerprint density at radius 3 is 2.88 bits per heavy atom. The molecular weight excluding hydrogens is 216 g/mol. The lowest BCUT2D eigenvalue weighted by Gasteiger charge is -2.20. The fraction of sp³-hybridized carbons (Fsp3) is 0.615. The van der Waals surface area contributed by atoms with Crippen LogP contribution in [-0.4, -0.2) is 30.7 Å². The third kappa shape index (κ3) is 6.10. The number of nitrogens with zero attached hydrogens (tertiary/aromatic N) is 2. The number of hydrogen-bond donors (Lipinski definition) is 0. The van der Waals surface area contributed by atoms with E-state index in [4.69, 9.17) is 14.4 Å². The minimum Gasteiger partial charge on any atom is -0.468 e. The summed E-state index contributed by atoms with van der Waals surface area (Å²) in [7, 11) is 0. The van der Waals surface area contributed by atoms with Crippen LogP contribution in [0.5, 0.6) is 0 Å². The lowest BCUT2D eigenvalue weighted by molar-refractivity contribution is 0.0565. The van der Waals surface area contributed by atoms with Gasteiger partial charge in [-0.2, -0.15) is 5.26 Å². The van der Waals surface area contributed by atoms with Crippen molar-refractivity contribution in [2.75, 3.05) is 19.7 Å². The van der Waals surface area contributed by atoms with Gasteiger partial charge in [-0.1, -0.05) is 0 Å². The molecule has 4 nitrogen and oxygen atoms in total. The zero-order valence-corrected chi connectivity index (χ0v) is 10.6. The number of ether oxygens (including phenoxy) is 1. The van der Waals surface area contributed by atoms with Crippen molar-refractivity contribution in [1.82, 2.24) is 4.90 Å². The fourth-order valence-corrected chi connectivity index (χ4v) is 1.52. The van der Waals surface area contributed by atoms with Crippen LogP contribution in [0.3, 0.4) is 0 Å². The van der Waals surface area contributed by atoms with Crippen LogP contribution in [0.2, 0.25) is 0 Å². The normalized spacial score (nSPS) is 11.0. The topological polar surface area (TPSA) is 49.4 Å². The Labute approximate surface area is 103 Å². The van der Waals surface area contributed by atoms with Gasteiger partial charge in [-0.3, -0.25) is 4.90 Å². The van der Waals surface area contributed by atoms with Gasteiger partial charge < -0.3 is 9.15 Å². The van der Waals surface area contributed by atoms with Crippen molar-refractivity contribution in [3.63, 3.8) is 0 Å². The van der Waals surface area contributed by atoms with Gasteiger partial charge in [0.2, 0.25) is 0 Å². The molecule has 17 heavy (non-hydrogen) atoms. The first kappa shape index (κ1) is 13.8. The lowest BCUT2D eigenvalue weighted by atomic mass is 10.3. The first-order valence-electron chi connectivity index (χ1n) is 5.95. The molecule has 0 fully saturated rings. The van der Waals surface area contributed by atoms with Gasteiger partial charge in [-0.05, 0) is 26.0 Å². The summed E-state index contributed by atoms with van der Waals surface area (Å²) in [5.74, 6) is 0.924. The molecule has 0 radical (unpaired) electrons. The van der Waals surface area contributed by atoms with Gasteiger partial charge in [-0.15, -0.1) is 0 Å². The second-order valence-electron chi connectivity index (χ2n) is 4.18. The molecule has 0 aromatic carbocycles. The molecule has 0 bridgehead atoms. The third-order valence-corrected chi connectivity index (χ3v) is 2.36. The second-order valence-corrected chi connectivity index (χ2v) is 4.18. The van der Waals surface area contributed by atoms with Crippen LogP contribution < -0.4 is 0 Å². The van der Waals surface area contributed by atoms with Gasteiger partial charge >= 0.3 is 0 Å². The molecule has 0 unspecified atom stereocenters. The summed E-state index contributed by atoms with van der Waals surface area (Å²) in [4.78, 5) is 2.17. The highest BCUT2D eigenvalue weighted by Gasteiger charge is 2.07. The van der Waals surface area contributed by atoms with E-state index < -0.39 is 0 Å². The van der Waals surface area contributed by atoms with Crippen molar-refractivity contribution in [1.29, 1.82) is 5.26 Å². The summed E-state index contributed by atoms with van der Waals surface area (Å²) in [6, 6.07) is 5.99. The molecule has 1 aromatic heterocycles. The summed E-state index contributed by atoms with van der Waals surface area (Å²) in [5.41, 5.74) is 0. The van der Waals surface area contributed by atoms with Crippen molar-refractivity contribution >= 4 is 0 Å². The molecule has 0 aliphatic rings. The van der Waals surface area contributed by atoms with Crippen LogP contribution in [0.1, 0.15) is 26.0 Å². The van der Waals surface area contributed by atoms with Gasteiger partial charge in [0.1, 0.15) is 5.76 Å². The Balaban J connectivity index is 2.35. The summed E-state index contributed by atoms with van der Waals surface area (Å²) in [6.07, 6.45) is 2.45. The molecule has 1 aromatic rings. The fourth-order valence-electron chi connectivity index (χ4n) is 1.52. The van der Waals surface area contributed by atoms with Crippen molar-refractivity contribution in [2.24, 2.45) is 0 Å². The quantitative estimate of drug-likeness (QED) is 0.695. The van der Waals surface area contributed by atoms with E-state index in [-0.39, 0.29) is 6.10 Å². The van der Waals surface area contributed by atoms with E-state index >= 15 is 0 Å². The van der Waals surface area contributed by atoms with E-state index in [1.54, 1.807) is 6.26 Å². The number of furan rings is 1. The SMILES string of the molecule is CC(C)OCCN(CCC#N)Cc1ccco1. The van der Waals surface area contributed by atoms with E-state index in [1.165, 1.54) is 0 Å². The third-order valence-electron chi connectivity index (χ3n) is 2.36. The van der Waals surface area contributed by atoms with E-state index in [0.29, 0.717) is 13.0 Å². The first-order valence-corrected chi connectivity index (χ1v) is 5.95. The molecule has 0 spiro atoms. The molecule has 0 aliphatic carbocycles. The highest BCUT2D eigenvalue weighted by molar-refractivity contribution is 4.98. The van der Waals surface area contributed by atoms with Gasteiger partial charge in [0.25, 0.3) is 0 Å². The molecule has 1 heterocycles.